The molecule has 25 heavy (non-hydrogen) atoms. The van der Waals surface area contributed by atoms with Crippen molar-refractivity contribution in [1.29, 1.82) is 0 Å². The fraction of sp³-hybridized carbons (Fsp3) is 0.211. The summed E-state index contributed by atoms with van der Waals surface area (Å²) in [5, 5.41) is 11.3. The highest BCUT2D eigenvalue weighted by atomic mass is 16.4. The van der Waals surface area contributed by atoms with Gasteiger partial charge in [-0.15, -0.1) is 10.2 Å². The topological polar surface area (TPSA) is 71.3 Å². The molecule has 0 saturated carbocycles. The number of amides is 1. The molecular formula is C19H18N4O2. The number of fused-ring (bicyclic) bond motifs is 1. The van der Waals surface area contributed by atoms with E-state index in [0.717, 1.165) is 16.9 Å². The van der Waals surface area contributed by atoms with E-state index in [9.17, 15) is 4.79 Å². The van der Waals surface area contributed by atoms with Crippen molar-refractivity contribution in [2.24, 2.45) is 0 Å². The van der Waals surface area contributed by atoms with Crippen LogP contribution in [-0.4, -0.2) is 22.1 Å². The van der Waals surface area contributed by atoms with E-state index >= 15 is 0 Å². The third-order valence-corrected chi connectivity index (χ3v) is 4.29. The predicted molar refractivity (Wildman–Crippen MR) is 95.1 cm³/mol. The average Bonchev–Trinajstić information content (AvgIpc) is 3.05. The van der Waals surface area contributed by atoms with Crippen molar-refractivity contribution in [2.75, 3.05) is 10.2 Å². The second-order valence-corrected chi connectivity index (χ2v) is 6.11. The van der Waals surface area contributed by atoms with Crippen molar-refractivity contribution >= 4 is 17.3 Å². The predicted octanol–water partition coefficient (Wildman–Crippen LogP) is 3.47. The van der Waals surface area contributed by atoms with Crippen LogP contribution in [0.4, 0.5) is 11.4 Å². The number of aromatic nitrogens is 2. The zero-order valence-corrected chi connectivity index (χ0v) is 13.8. The highest BCUT2D eigenvalue weighted by molar-refractivity contribution is 5.96. The largest absolute Gasteiger partial charge is 0.419 e. The van der Waals surface area contributed by atoms with E-state index < -0.39 is 0 Å². The first-order valence-electron chi connectivity index (χ1n) is 8.24. The SMILES string of the molecule is C[C@@H]1CC(=O)Nc2ccccc2N1Cc1nnc(-c2ccccc2)o1. The molecular weight excluding hydrogens is 316 g/mol. The lowest BCUT2D eigenvalue weighted by molar-refractivity contribution is -0.116. The molecule has 2 aromatic carbocycles. The van der Waals surface area contributed by atoms with E-state index in [0.29, 0.717) is 24.7 Å². The minimum Gasteiger partial charge on any atom is -0.419 e. The van der Waals surface area contributed by atoms with E-state index in [-0.39, 0.29) is 11.9 Å². The third kappa shape index (κ3) is 3.10. The standard InChI is InChI=1S/C19H18N4O2/c1-13-11-17(24)20-15-9-5-6-10-16(15)23(13)12-18-21-22-19(25-18)14-7-3-2-4-8-14/h2-10,13H,11-12H2,1H3,(H,20,24)/t13-/m1/s1. The first kappa shape index (κ1) is 15.4. The van der Waals surface area contributed by atoms with Gasteiger partial charge in [0.2, 0.25) is 17.7 Å². The van der Waals surface area contributed by atoms with E-state index in [1.54, 1.807) is 0 Å². The normalized spacial score (nSPS) is 16.9. The quantitative estimate of drug-likeness (QED) is 0.794. The summed E-state index contributed by atoms with van der Waals surface area (Å²) >= 11 is 0. The van der Waals surface area contributed by atoms with Crippen LogP contribution in [0.15, 0.2) is 59.0 Å². The van der Waals surface area contributed by atoms with Crippen LogP contribution in [0.2, 0.25) is 0 Å². The molecule has 1 aliphatic heterocycles. The first-order chi connectivity index (χ1) is 12.2. The minimum atomic E-state index is 0.0120. The molecule has 1 N–H and O–H groups in total. The van der Waals surface area contributed by atoms with Gasteiger partial charge in [-0.25, -0.2) is 0 Å². The van der Waals surface area contributed by atoms with E-state index in [4.69, 9.17) is 4.42 Å². The lowest BCUT2D eigenvalue weighted by atomic mass is 10.2. The van der Waals surface area contributed by atoms with Crippen LogP contribution < -0.4 is 10.2 Å². The van der Waals surface area contributed by atoms with Gasteiger partial charge in [0.15, 0.2) is 0 Å². The van der Waals surface area contributed by atoms with Gasteiger partial charge < -0.3 is 14.6 Å². The second kappa shape index (κ2) is 6.39. The molecule has 0 bridgehead atoms. The number of nitrogens with one attached hydrogen (secondary N) is 1. The molecule has 0 aliphatic carbocycles. The van der Waals surface area contributed by atoms with Crippen LogP contribution in [0.3, 0.4) is 0 Å². The van der Waals surface area contributed by atoms with Crippen LogP contribution in [0.25, 0.3) is 11.5 Å². The monoisotopic (exact) mass is 334 g/mol. The molecule has 2 heterocycles. The maximum atomic E-state index is 12.1. The second-order valence-electron chi connectivity index (χ2n) is 6.11. The van der Waals surface area contributed by atoms with Gasteiger partial charge in [-0.05, 0) is 31.2 Å². The Morgan fingerprint density at radius 3 is 2.72 bits per heavy atom. The Hall–Kier alpha value is -3.15. The number of para-hydroxylation sites is 2. The number of rotatable bonds is 3. The number of hydrogen-bond acceptors (Lipinski definition) is 5. The molecule has 0 unspecified atom stereocenters. The Morgan fingerprint density at radius 1 is 1.12 bits per heavy atom. The number of benzene rings is 2. The van der Waals surface area contributed by atoms with E-state index in [1.807, 2.05) is 61.5 Å². The maximum Gasteiger partial charge on any atom is 0.247 e. The minimum absolute atomic E-state index is 0.0120. The van der Waals surface area contributed by atoms with Gasteiger partial charge in [0.25, 0.3) is 0 Å². The zero-order valence-electron chi connectivity index (χ0n) is 13.8. The number of carbonyl (C=O) groups excluding carboxylic acids is 1. The van der Waals surface area contributed by atoms with Gasteiger partial charge in [-0.3, -0.25) is 4.79 Å². The molecule has 6 heteroatoms. The summed E-state index contributed by atoms with van der Waals surface area (Å²) in [6.45, 7) is 2.48. The fourth-order valence-corrected chi connectivity index (χ4v) is 3.05. The Balaban J connectivity index is 1.64. The van der Waals surface area contributed by atoms with Crippen molar-refractivity contribution in [1.82, 2.24) is 10.2 Å². The Kier molecular flexibility index (Phi) is 3.93. The molecule has 1 amide bonds. The molecule has 0 fully saturated rings. The van der Waals surface area contributed by atoms with Crippen molar-refractivity contribution in [2.45, 2.75) is 25.9 Å². The average molecular weight is 334 g/mol. The van der Waals surface area contributed by atoms with Gasteiger partial charge in [0, 0.05) is 18.0 Å². The molecule has 6 nitrogen and oxygen atoms in total. The highest BCUT2D eigenvalue weighted by Gasteiger charge is 2.26. The van der Waals surface area contributed by atoms with Gasteiger partial charge in [-0.1, -0.05) is 30.3 Å². The lowest BCUT2D eigenvalue weighted by Gasteiger charge is -2.28. The molecule has 1 atom stereocenters. The van der Waals surface area contributed by atoms with E-state index in [1.165, 1.54) is 0 Å². The molecule has 0 spiro atoms. The summed E-state index contributed by atoms with van der Waals surface area (Å²) in [6, 6.07) is 17.5. The molecule has 1 aromatic heterocycles. The highest BCUT2D eigenvalue weighted by Crippen LogP contribution is 2.32. The van der Waals surface area contributed by atoms with Gasteiger partial charge in [0.1, 0.15) is 0 Å². The third-order valence-electron chi connectivity index (χ3n) is 4.29. The van der Waals surface area contributed by atoms with Crippen LogP contribution in [0.5, 0.6) is 0 Å². The van der Waals surface area contributed by atoms with Crippen molar-refractivity contribution in [3.63, 3.8) is 0 Å². The number of hydrogen-bond donors (Lipinski definition) is 1. The number of anilines is 2. The molecule has 126 valence electrons. The molecule has 3 aromatic rings. The summed E-state index contributed by atoms with van der Waals surface area (Å²) < 4.78 is 5.83. The van der Waals surface area contributed by atoms with Gasteiger partial charge in [0.05, 0.1) is 17.9 Å². The van der Waals surface area contributed by atoms with Crippen molar-refractivity contribution in [3.05, 3.63) is 60.5 Å². The number of nitrogens with zero attached hydrogens (tertiary/aromatic N) is 3. The maximum absolute atomic E-state index is 12.1. The van der Waals surface area contributed by atoms with Gasteiger partial charge in [-0.2, -0.15) is 0 Å². The van der Waals surface area contributed by atoms with Crippen LogP contribution in [0.1, 0.15) is 19.2 Å². The summed E-state index contributed by atoms with van der Waals surface area (Å²) in [6.07, 6.45) is 0.411. The van der Waals surface area contributed by atoms with Crippen LogP contribution >= 0.6 is 0 Å². The first-order valence-corrected chi connectivity index (χ1v) is 8.24. The molecule has 0 saturated heterocycles. The summed E-state index contributed by atoms with van der Waals surface area (Å²) in [4.78, 5) is 14.2. The van der Waals surface area contributed by atoms with Crippen LogP contribution in [0, 0.1) is 0 Å². The van der Waals surface area contributed by atoms with E-state index in [2.05, 4.69) is 20.4 Å². The molecule has 1 aliphatic rings. The Morgan fingerprint density at radius 2 is 1.88 bits per heavy atom. The summed E-state index contributed by atoms with van der Waals surface area (Å²) in [7, 11) is 0. The molecule has 0 radical (unpaired) electrons. The van der Waals surface area contributed by atoms with Crippen molar-refractivity contribution in [3.8, 4) is 11.5 Å². The Labute approximate surface area is 145 Å². The Bertz CT molecular complexity index is 891. The fourth-order valence-electron chi connectivity index (χ4n) is 3.05. The molecule has 4 rings (SSSR count). The smallest absolute Gasteiger partial charge is 0.247 e. The summed E-state index contributed by atoms with van der Waals surface area (Å²) in [5.41, 5.74) is 2.65. The van der Waals surface area contributed by atoms with Crippen LogP contribution in [-0.2, 0) is 11.3 Å². The summed E-state index contributed by atoms with van der Waals surface area (Å²) in [5.74, 6) is 1.04. The zero-order chi connectivity index (χ0) is 17.2. The van der Waals surface area contributed by atoms with Gasteiger partial charge >= 0.3 is 0 Å². The van der Waals surface area contributed by atoms with Crippen molar-refractivity contribution < 1.29 is 9.21 Å². The lowest BCUT2D eigenvalue weighted by Crippen LogP contribution is -2.33. The number of carbonyl (C=O) groups is 1.